The van der Waals surface area contributed by atoms with E-state index in [0.29, 0.717) is 22.3 Å². The predicted octanol–water partition coefficient (Wildman–Crippen LogP) is 5.13. The molecule has 0 unspecified atom stereocenters. The number of hydrogen-bond donors (Lipinski definition) is 2. The van der Waals surface area contributed by atoms with Crippen LogP contribution in [0.1, 0.15) is 18.4 Å². The first-order valence-electron chi connectivity index (χ1n) is 9.51. The van der Waals surface area contributed by atoms with Crippen molar-refractivity contribution in [2.45, 2.75) is 36.5 Å². The molecule has 8 heteroatoms. The first kappa shape index (κ1) is 21.5. The number of para-hydroxylation sites is 1. The molecule has 156 valence electrons. The summed E-state index contributed by atoms with van der Waals surface area (Å²) >= 11 is 0.669. The van der Waals surface area contributed by atoms with Gasteiger partial charge in [0.1, 0.15) is 0 Å². The maximum absolute atomic E-state index is 12.5. The van der Waals surface area contributed by atoms with Crippen molar-refractivity contribution >= 4 is 23.5 Å². The maximum atomic E-state index is 12.5. The van der Waals surface area contributed by atoms with E-state index in [1.54, 1.807) is 24.3 Å². The van der Waals surface area contributed by atoms with Crippen molar-refractivity contribution in [2.24, 2.45) is 0 Å². The third kappa shape index (κ3) is 7.29. The summed E-state index contributed by atoms with van der Waals surface area (Å²) in [6.07, 6.45) is -2.58. The fourth-order valence-corrected chi connectivity index (χ4v) is 4.04. The molecule has 0 saturated carbocycles. The Morgan fingerprint density at radius 1 is 1.03 bits per heavy atom. The summed E-state index contributed by atoms with van der Waals surface area (Å²) in [7, 11) is 0. The van der Waals surface area contributed by atoms with E-state index in [2.05, 4.69) is 27.7 Å². The summed E-state index contributed by atoms with van der Waals surface area (Å²) in [5.74, 6) is -0.993. The van der Waals surface area contributed by atoms with E-state index >= 15 is 0 Å². The smallest absolute Gasteiger partial charge is 0.335 e. The van der Waals surface area contributed by atoms with Crippen molar-refractivity contribution in [3.05, 3.63) is 60.2 Å². The number of benzene rings is 2. The third-order valence-corrected chi connectivity index (χ3v) is 5.84. The van der Waals surface area contributed by atoms with Gasteiger partial charge in [0.05, 0.1) is 11.4 Å². The highest BCUT2D eigenvalue weighted by molar-refractivity contribution is 7.99. The number of urea groups is 1. The Hall–Kier alpha value is -2.19. The van der Waals surface area contributed by atoms with Gasteiger partial charge in [-0.1, -0.05) is 42.5 Å². The van der Waals surface area contributed by atoms with Gasteiger partial charge in [-0.3, -0.25) is 4.90 Å². The molecule has 2 N–H and O–H groups in total. The summed E-state index contributed by atoms with van der Waals surface area (Å²) in [6, 6.07) is 16.5. The monoisotopic (exact) mass is 423 g/mol. The summed E-state index contributed by atoms with van der Waals surface area (Å²) in [4.78, 5) is 15.1. The minimum atomic E-state index is -4.26. The van der Waals surface area contributed by atoms with Crippen LogP contribution in [0.4, 0.5) is 23.7 Å². The summed E-state index contributed by atoms with van der Waals surface area (Å²) in [5.41, 5.74) is 1.66. The quantitative estimate of drug-likeness (QED) is 0.634. The van der Waals surface area contributed by atoms with Crippen molar-refractivity contribution in [1.82, 2.24) is 10.2 Å². The Bertz CT molecular complexity index is 793. The van der Waals surface area contributed by atoms with E-state index in [9.17, 15) is 18.0 Å². The fraction of sp³-hybridized carbons (Fsp3) is 0.381. The Morgan fingerprint density at radius 2 is 1.69 bits per heavy atom. The summed E-state index contributed by atoms with van der Waals surface area (Å²) in [6.45, 7) is 2.67. The average molecular weight is 424 g/mol. The number of piperidine rings is 1. The van der Waals surface area contributed by atoms with E-state index in [1.807, 2.05) is 18.2 Å². The molecular weight excluding hydrogens is 399 g/mol. The number of rotatable bonds is 6. The molecule has 1 heterocycles. The van der Waals surface area contributed by atoms with E-state index < -0.39 is 11.9 Å². The van der Waals surface area contributed by atoms with Crippen LogP contribution in [0.25, 0.3) is 0 Å². The number of thioether (sulfide) groups is 1. The standard InChI is InChI=1S/C21H24F3N3OS/c22-21(23,24)15-29-19-9-5-4-8-18(19)26-20(28)25-17-10-12-27(13-11-17)14-16-6-2-1-3-7-16/h1-9,17H,10-15H2,(H2,25,26,28). The summed E-state index contributed by atoms with van der Waals surface area (Å²) in [5, 5.41) is 5.64. The lowest BCUT2D eigenvalue weighted by molar-refractivity contribution is -0.105. The lowest BCUT2D eigenvalue weighted by atomic mass is 10.0. The molecule has 3 rings (SSSR count). The van der Waals surface area contributed by atoms with Gasteiger partial charge in [0, 0.05) is 30.6 Å². The van der Waals surface area contributed by atoms with Crippen LogP contribution in [0.3, 0.4) is 0 Å². The average Bonchev–Trinajstić information content (AvgIpc) is 2.69. The molecule has 0 aromatic heterocycles. The SMILES string of the molecule is O=C(Nc1ccccc1SCC(F)(F)F)NC1CCN(Cc2ccccc2)CC1. The van der Waals surface area contributed by atoms with Gasteiger partial charge >= 0.3 is 12.2 Å². The number of carbonyl (C=O) groups excluding carboxylic acids is 1. The molecule has 0 spiro atoms. The van der Waals surface area contributed by atoms with Crippen LogP contribution in [0.5, 0.6) is 0 Å². The second-order valence-electron chi connectivity index (χ2n) is 7.03. The minimum Gasteiger partial charge on any atom is -0.335 e. The fourth-order valence-electron chi connectivity index (χ4n) is 3.28. The number of nitrogens with zero attached hydrogens (tertiary/aromatic N) is 1. The highest BCUT2D eigenvalue weighted by Crippen LogP contribution is 2.32. The molecule has 4 nitrogen and oxygen atoms in total. The number of carbonyl (C=O) groups is 1. The van der Waals surface area contributed by atoms with Crippen molar-refractivity contribution < 1.29 is 18.0 Å². The Labute approximate surface area is 172 Å². The van der Waals surface area contributed by atoms with Gasteiger partial charge in [0.25, 0.3) is 0 Å². The molecule has 1 saturated heterocycles. The number of amides is 2. The molecule has 0 radical (unpaired) electrons. The van der Waals surface area contributed by atoms with Crippen molar-refractivity contribution in [2.75, 3.05) is 24.2 Å². The van der Waals surface area contributed by atoms with Gasteiger partial charge in [-0.05, 0) is 30.5 Å². The number of hydrogen-bond acceptors (Lipinski definition) is 3. The third-order valence-electron chi connectivity index (χ3n) is 4.70. The van der Waals surface area contributed by atoms with Gasteiger partial charge in [-0.15, -0.1) is 11.8 Å². The van der Waals surface area contributed by atoms with E-state index in [-0.39, 0.29) is 12.1 Å². The molecule has 1 aliphatic rings. The van der Waals surface area contributed by atoms with Crippen LogP contribution in [-0.4, -0.2) is 42.0 Å². The van der Waals surface area contributed by atoms with Gasteiger partial charge < -0.3 is 10.6 Å². The number of nitrogens with one attached hydrogen (secondary N) is 2. The molecule has 2 amide bonds. The highest BCUT2D eigenvalue weighted by Gasteiger charge is 2.28. The van der Waals surface area contributed by atoms with Gasteiger partial charge in [-0.2, -0.15) is 13.2 Å². The highest BCUT2D eigenvalue weighted by atomic mass is 32.2. The number of likely N-dealkylation sites (tertiary alicyclic amines) is 1. The Morgan fingerprint density at radius 3 is 2.38 bits per heavy atom. The first-order valence-corrected chi connectivity index (χ1v) is 10.5. The van der Waals surface area contributed by atoms with Crippen LogP contribution in [-0.2, 0) is 6.54 Å². The number of anilines is 1. The lowest BCUT2D eigenvalue weighted by Gasteiger charge is -2.32. The zero-order valence-electron chi connectivity index (χ0n) is 15.9. The minimum absolute atomic E-state index is 0.0528. The molecule has 1 fully saturated rings. The van der Waals surface area contributed by atoms with Crippen LogP contribution >= 0.6 is 11.8 Å². The zero-order valence-corrected chi connectivity index (χ0v) is 16.7. The molecule has 2 aromatic rings. The van der Waals surface area contributed by atoms with Gasteiger partial charge in [-0.25, -0.2) is 4.79 Å². The molecule has 0 atom stereocenters. The van der Waals surface area contributed by atoms with Crippen LogP contribution < -0.4 is 10.6 Å². The predicted molar refractivity (Wildman–Crippen MR) is 110 cm³/mol. The maximum Gasteiger partial charge on any atom is 0.398 e. The molecule has 29 heavy (non-hydrogen) atoms. The van der Waals surface area contributed by atoms with Crippen molar-refractivity contribution in [1.29, 1.82) is 0 Å². The van der Waals surface area contributed by atoms with Crippen LogP contribution in [0.15, 0.2) is 59.5 Å². The Balaban J connectivity index is 1.46. The topological polar surface area (TPSA) is 44.4 Å². The van der Waals surface area contributed by atoms with Gasteiger partial charge in [0.15, 0.2) is 0 Å². The second kappa shape index (κ2) is 10.0. The van der Waals surface area contributed by atoms with Crippen molar-refractivity contribution in [3.8, 4) is 0 Å². The Kier molecular flexibility index (Phi) is 7.44. The first-order chi connectivity index (χ1) is 13.9. The lowest BCUT2D eigenvalue weighted by Crippen LogP contribution is -2.45. The largest absolute Gasteiger partial charge is 0.398 e. The van der Waals surface area contributed by atoms with Gasteiger partial charge in [0.2, 0.25) is 0 Å². The van der Waals surface area contributed by atoms with E-state index in [1.165, 1.54) is 5.56 Å². The molecule has 1 aliphatic heterocycles. The van der Waals surface area contributed by atoms with E-state index in [4.69, 9.17) is 0 Å². The second-order valence-corrected chi connectivity index (χ2v) is 8.05. The van der Waals surface area contributed by atoms with Crippen LogP contribution in [0.2, 0.25) is 0 Å². The normalized spacial score (nSPS) is 15.8. The molecule has 0 aliphatic carbocycles. The number of alkyl halides is 3. The van der Waals surface area contributed by atoms with Crippen LogP contribution in [0, 0.1) is 0 Å². The molecular formula is C21H24F3N3OS. The zero-order chi connectivity index (χ0) is 20.7. The van der Waals surface area contributed by atoms with E-state index in [0.717, 1.165) is 32.5 Å². The van der Waals surface area contributed by atoms with Crippen molar-refractivity contribution in [3.63, 3.8) is 0 Å². The number of halogens is 3. The molecule has 0 bridgehead atoms. The summed E-state index contributed by atoms with van der Waals surface area (Å²) < 4.78 is 37.5. The molecule has 2 aromatic carbocycles.